The smallest absolute Gasteiger partial charge is 0.220 e. The number of rotatable bonds is 4. The molecule has 3 heteroatoms. The lowest BCUT2D eigenvalue weighted by molar-refractivity contribution is -0.122. The second-order valence-corrected chi connectivity index (χ2v) is 5.59. The number of aliphatic hydroxyl groups excluding tert-OH is 1. The summed E-state index contributed by atoms with van der Waals surface area (Å²) in [6, 6.07) is 10.4. The van der Waals surface area contributed by atoms with Gasteiger partial charge in [-0.2, -0.15) is 0 Å². The van der Waals surface area contributed by atoms with Crippen LogP contribution >= 0.6 is 0 Å². The van der Waals surface area contributed by atoms with E-state index in [1.807, 2.05) is 18.2 Å². The van der Waals surface area contributed by atoms with Crippen LogP contribution in [0.25, 0.3) is 0 Å². The van der Waals surface area contributed by atoms with E-state index < -0.39 is 0 Å². The highest BCUT2D eigenvalue weighted by Gasteiger charge is 2.21. The zero-order valence-corrected chi connectivity index (χ0v) is 11.5. The van der Waals surface area contributed by atoms with Crippen molar-refractivity contribution >= 4 is 5.91 Å². The molecule has 0 aliphatic heterocycles. The van der Waals surface area contributed by atoms with E-state index in [2.05, 4.69) is 24.4 Å². The molecule has 1 aromatic carbocycles. The van der Waals surface area contributed by atoms with E-state index in [9.17, 15) is 9.90 Å². The van der Waals surface area contributed by atoms with Crippen molar-refractivity contribution in [2.45, 2.75) is 57.1 Å². The number of amides is 1. The van der Waals surface area contributed by atoms with Gasteiger partial charge in [-0.3, -0.25) is 4.79 Å². The molecule has 1 aliphatic rings. The summed E-state index contributed by atoms with van der Waals surface area (Å²) in [6.07, 6.45) is 3.76. The Labute approximate surface area is 115 Å². The van der Waals surface area contributed by atoms with E-state index >= 15 is 0 Å². The van der Waals surface area contributed by atoms with E-state index in [-0.39, 0.29) is 24.0 Å². The molecule has 1 fully saturated rings. The molecule has 1 saturated carbocycles. The molecule has 1 atom stereocenters. The van der Waals surface area contributed by atoms with Gasteiger partial charge in [0.15, 0.2) is 0 Å². The Morgan fingerprint density at radius 1 is 1.26 bits per heavy atom. The third kappa shape index (κ3) is 4.35. The van der Waals surface area contributed by atoms with Crippen molar-refractivity contribution in [2.24, 2.45) is 0 Å². The zero-order valence-electron chi connectivity index (χ0n) is 11.5. The van der Waals surface area contributed by atoms with Gasteiger partial charge in [0.25, 0.3) is 0 Å². The van der Waals surface area contributed by atoms with E-state index in [0.717, 1.165) is 25.7 Å². The maximum absolute atomic E-state index is 12.0. The van der Waals surface area contributed by atoms with Gasteiger partial charge < -0.3 is 10.4 Å². The lowest BCUT2D eigenvalue weighted by atomic mass is 9.92. The summed E-state index contributed by atoms with van der Waals surface area (Å²) < 4.78 is 0. The van der Waals surface area contributed by atoms with Crippen molar-refractivity contribution in [3.05, 3.63) is 35.9 Å². The fraction of sp³-hybridized carbons (Fsp3) is 0.562. The molecule has 0 heterocycles. The fourth-order valence-electron chi connectivity index (χ4n) is 2.68. The van der Waals surface area contributed by atoms with Crippen LogP contribution in [0.2, 0.25) is 0 Å². The van der Waals surface area contributed by atoms with Crippen LogP contribution in [0.3, 0.4) is 0 Å². The summed E-state index contributed by atoms with van der Waals surface area (Å²) in [4.78, 5) is 12.0. The molecule has 0 saturated heterocycles. The molecule has 3 nitrogen and oxygen atoms in total. The molecule has 0 spiro atoms. The molecule has 104 valence electrons. The molecule has 1 aliphatic carbocycles. The molecular formula is C16H23NO2. The molecule has 2 N–H and O–H groups in total. The molecule has 0 bridgehead atoms. The van der Waals surface area contributed by atoms with Gasteiger partial charge in [-0.25, -0.2) is 0 Å². The van der Waals surface area contributed by atoms with Gasteiger partial charge in [-0.1, -0.05) is 37.3 Å². The number of nitrogens with one attached hydrogen (secondary N) is 1. The second kappa shape index (κ2) is 6.71. The highest BCUT2D eigenvalue weighted by atomic mass is 16.3. The van der Waals surface area contributed by atoms with Crippen molar-refractivity contribution < 1.29 is 9.90 Å². The van der Waals surface area contributed by atoms with Gasteiger partial charge in [0.2, 0.25) is 5.91 Å². The first-order valence-electron chi connectivity index (χ1n) is 7.17. The van der Waals surface area contributed by atoms with E-state index in [0.29, 0.717) is 6.42 Å². The van der Waals surface area contributed by atoms with Crippen LogP contribution < -0.4 is 5.32 Å². The number of carbonyl (C=O) groups is 1. The predicted octanol–water partition coefficient (Wildman–Crippen LogP) is 2.60. The molecule has 19 heavy (non-hydrogen) atoms. The highest BCUT2D eigenvalue weighted by molar-refractivity contribution is 5.77. The topological polar surface area (TPSA) is 49.3 Å². The first-order valence-corrected chi connectivity index (χ1v) is 7.17. The maximum Gasteiger partial charge on any atom is 0.220 e. The minimum atomic E-state index is -0.170. The number of hydrogen-bond acceptors (Lipinski definition) is 2. The predicted molar refractivity (Wildman–Crippen MR) is 75.9 cm³/mol. The monoisotopic (exact) mass is 261 g/mol. The quantitative estimate of drug-likeness (QED) is 0.875. The number of benzene rings is 1. The van der Waals surface area contributed by atoms with Crippen LogP contribution in [0, 0.1) is 0 Å². The molecule has 1 amide bonds. The van der Waals surface area contributed by atoms with Crippen LogP contribution in [-0.4, -0.2) is 23.2 Å². The SMILES string of the molecule is CC(CC(=O)NC1CCC(O)CC1)c1ccccc1. The Morgan fingerprint density at radius 2 is 1.89 bits per heavy atom. The van der Waals surface area contributed by atoms with Crippen molar-refractivity contribution in [1.29, 1.82) is 0 Å². The average Bonchev–Trinajstić information content (AvgIpc) is 2.42. The molecule has 1 aromatic rings. The minimum Gasteiger partial charge on any atom is -0.393 e. The molecule has 0 radical (unpaired) electrons. The number of carbonyl (C=O) groups excluding carboxylic acids is 1. The van der Waals surface area contributed by atoms with Gasteiger partial charge in [0.1, 0.15) is 0 Å². The van der Waals surface area contributed by atoms with Crippen molar-refractivity contribution in [1.82, 2.24) is 5.32 Å². The molecule has 1 unspecified atom stereocenters. The summed E-state index contributed by atoms with van der Waals surface area (Å²) in [7, 11) is 0. The minimum absolute atomic E-state index is 0.123. The van der Waals surface area contributed by atoms with Crippen LogP contribution in [-0.2, 0) is 4.79 Å². The van der Waals surface area contributed by atoms with Crippen LogP contribution in [0.1, 0.15) is 50.5 Å². The molecule has 2 rings (SSSR count). The second-order valence-electron chi connectivity index (χ2n) is 5.59. The third-order valence-corrected chi connectivity index (χ3v) is 3.92. The van der Waals surface area contributed by atoms with Crippen molar-refractivity contribution in [3.8, 4) is 0 Å². The normalized spacial score (nSPS) is 24.7. The van der Waals surface area contributed by atoms with E-state index in [4.69, 9.17) is 0 Å². The van der Waals surface area contributed by atoms with E-state index in [1.165, 1.54) is 5.56 Å². The molecule has 0 aromatic heterocycles. The van der Waals surface area contributed by atoms with Gasteiger partial charge in [-0.05, 0) is 37.2 Å². The maximum atomic E-state index is 12.0. The molecular weight excluding hydrogens is 238 g/mol. The Morgan fingerprint density at radius 3 is 2.53 bits per heavy atom. The van der Waals surface area contributed by atoms with Crippen molar-refractivity contribution in [2.75, 3.05) is 0 Å². The van der Waals surface area contributed by atoms with Crippen LogP contribution in [0.4, 0.5) is 0 Å². The van der Waals surface area contributed by atoms with Gasteiger partial charge in [0.05, 0.1) is 6.10 Å². The third-order valence-electron chi connectivity index (χ3n) is 3.92. The average molecular weight is 261 g/mol. The summed E-state index contributed by atoms with van der Waals surface area (Å²) in [6.45, 7) is 2.08. The summed E-state index contributed by atoms with van der Waals surface area (Å²) in [5.74, 6) is 0.369. The summed E-state index contributed by atoms with van der Waals surface area (Å²) in [5, 5.41) is 12.5. The van der Waals surface area contributed by atoms with Gasteiger partial charge >= 0.3 is 0 Å². The highest BCUT2D eigenvalue weighted by Crippen LogP contribution is 2.21. The van der Waals surface area contributed by atoms with Crippen molar-refractivity contribution in [3.63, 3.8) is 0 Å². The number of hydrogen-bond donors (Lipinski definition) is 2. The van der Waals surface area contributed by atoms with Crippen LogP contribution in [0.5, 0.6) is 0 Å². The summed E-state index contributed by atoms with van der Waals surface area (Å²) in [5.41, 5.74) is 1.21. The standard InChI is InChI=1S/C16H23NO2/c1-12(13-5-3-2-4-6-13)11-16(19)17-14-7-9-15(18)10-8-14/h2-6,12,14-15,18H,7-11H2,1H3,(H,17,19). The Bertz CT molecular complexity index is 396. The first-order chi connectivity index (χ1) is 9.15. The van der Waals surface area contributed by atoms with Gasteiger partial charge in [0, 0.05) is 12.5 Å². The lowest BCUT2D eigenvalue weighted by Gasteiger charge is -2.26. The van der Waals surface area contributed by atoms with Crippen LogP contribution in [0.15, 0.2) is 30.3 Å². The lowest BCUT2D eigenvalue weighted by Crippen LogP contribution is -2.38. The fourth-order valence-corrected chi connectivity index (χ4v) is 2.68. The summed E-state index contributed by atoms with van der Waals surface area (Å²) >= 11 is 0. The van der Waals surface area contributed by atoms with Gasteiger partial charge in [-0.15, -0.1) is 0 Å². The first kappa shape index (κ1) is 14.1. The number of aliphatic hydroxyl groups is 1. The Balaban J connectivity index is 1.78. The zero-order chi connectivity index (χ0) is 13.7. The largest absolute Gasteiger partial charge is 0.393 e. The van der Waals surface area contributed by atoms with E-state index in [1.54, 1.807) is 0 Å². The Kier molecular flexibility index (Phi) is 4.97. The Hall–Kier alpha value is -1.35.